The van der Waals surface area contributed by atoms with E-state index in [1.54, 1.807) is 0 Å². The van der Waals surface area contributed by atoms with E-state index in [0.29, 0.717) is 6.04 Å². The molecule has 0 amide bonds. The molecule has 0 radical (unpaired) electrons. The van der Waals surface area contributed by atoms with E-state index in [1.807, 2.05) is 12.4 Å². The van der Waals surface area contributed by atoms with Gasteiger partial charge in [-0.05, 0) is 57.1 Å². The van der Waals surface area contributed by atoms with Crippen LogP contribution in [0.4, 0.5) is 0 Å². The summed E-state index contributed by atoms with van der Waals surface area (Å²) in [5.74, 6) is 0. The van der Waals surface area contributed by atoms with E-state index in [0.717, 1.165) is 19.6 Å². The summed E-state index contributed by atoms with van der Waals surface area (Å²) < 4.78 is 0. The van der Waals surface area contributed by atoms with Crippen molar-refractivity contribution in [3.8, 4) is 0 Å². The lowest BCUT2D eigenvalue weighted by Crippen LogP contribution is -2.27. The average molecular weight is 263 g/mol. The number of rotatable bonds is 10. The molecule has 0 fully saturated rings. The first-order valence-corrected chi connectivity index (χ1v) is 7.60. The molecule has 0 aromatic carbocycles. The van der Waals surface area contributed by atoms with E-state index in [2.05, 4.69) is 48.1 Å². The maximum atomic E-state index is 4.07. The Morgan fingerprint density at radius 3 is 2.58 bits per heavy atom. The first kappa shape index (κ1) is 16.1. The molecule has 1 heterocycles. The second-order valence-corrected chi connectivity index (χ2v) is 5.18. The molecule has 1 aromatic heterocycles. The largest absolute Gasteiger partial charge is 0.315 e. The molecule has 1 atom stereocenters. The van der Waals surface area contributed by atoms with Gasteiger partial charge in [-0.15, -0.1) is 0 Å². The normalized spacial score (nSPS) is 12.8. The van der Waals surface area contributed by atoms with Gasteiger partial charge in [-0.25, -0.2) is 0 Å². The van der Waals surface area contributed by atoms with Gasteiger partial charge in [0.25, 0.3) is 0 Å². The molecule has 0 saturated heterocycles. The highest BCUT2D eigenvalue weighted by Crippen LogP contribution is 2.06. The van der Waals surface area contributed by atoms with Crippen LogP contribution in [0.2, 0.25) is 0 Å². The minimum Gasteiger partial charge on any atom is -0.315 e. The molecule has 108 valence electrons. The van der Waals surface area contributed by atoms with Crippen LogP contribution in [-0.4, -0.2) is 35.6 Å². The topological polar surface area (TPSA) is 28.2 Å². The molecule has 0 aliphatic carbocycles. The number of unbranched alkanes of at least 4 members (excludes halogenated alkanes) is 1. The zero-order chi connectivity index (χ0) is 13.9. The fourth-order valence-electron chi connectivity index (χ4n) is 2.33. The summed E-state index contributed by atoms with van der Waals surface area (Å²) in [5.41, 5.74) is 1.36. The maximum Gasteiger partial charge on any atom is 0.0271 e. The lowest BCUT2D eigenvalue weighted by atomic mass is 10.1. The lowest BCUT2D eigenvalue weighted by molar-refractivity contribution is 0.271. The zero-order valence-electron chi connectivity index (χ0n) is 12.7. The van der Waals surface area contributed by atoms with Gasteiger partial charge < -0.3 is 5.32 Å². The summed E-state index contributed by atoms with van der Waals surface area (Å²) in [7, 11) is 0. The first-order valence-electron chi connectivity index (χ1n) is 7.60. The SMILES string of the molecule is CCNC(C)CCCCN(CC)Cc1ccncc1. The third-order valence-electron chi connectivity index (χ3n) is 3.52. The summed E-state index contributed by atoms with van der Waals surface area (Å²) in [6.07, 6.45) is 7.62. The van der Waals surface area contributed by atoms with E-state index in [-0.39, 0.29) is 0 Å². The lowest BCUT2D eigenvalue weighted by Gasteiger charge is -2.21. The predicted octanol–water partition coefficient (Wildman–Crippen LogP) is 3.07. The minimum atomic E-state index is 0.653. The first-order chi connectivity index (χ1) is 9.26. The number of hydrogen-bond donors (Lipinski definition) is 1. The van der Waals surface area contributed by atoms with E-state index < -0.39 is 0 Å². The molecule has 0 saturated carbocycles. The van der Waals surface area contributed by atoms with Crippen molar-refractivity contribution in [1.82, 2.24) is 15.2 Å². The second-order valence-electron chi connectivity index (χ2n) is 5.18. The van der Waals surface area contributed by atoms with Gasteiger partial charge in [-0.2, -0.15) is 0 Å². The van der Waals surface area contributed by atoms with Crippen LogP contribution in [0, 0.1) is 0 Å². The van der Waals surface area contributed by atoms with Gasteiger partial charge in [0, 0.05) is 25.0 Å². The molecule has 1 N–H and O–H groups in total. The number of pyridine rings is 1. The van der Waals surface area contributed by atoms with E-state index in [4.69, 9.17) is 0 Å². The van der Waals surface area contributed by atoms with Crippen LogP contribution in [0.3, 0.4) is 0 Å². The summed E-state index contributed by atoms with van der Waals surface area (Å²) in [5, 5.41) is 3.47. The van der Waals surface area contributed by atoms with Crippen molar-refractivity contribution >= 4 is 0 Å². The highest BCUT2D eigenvalue weighted by Gasteiger charge is 2.04. The van der Waals surface area contributed by atoms with Crippen LogP contribution < -0.4 is 5.32 Å². The fraction of sp³-hybridized carbons (Fsp3) is 0.688. The van der Waals surface area contributed by atoms with Crippen molar-refractivity contribution in [1.29, 1.82) is 0 Å². The Kier molecular flexibility index (Phi) is 8.43. The molecular formula is C16H29N3. The molecule has 0 bridgehead atoms. The van der Waals surface area contributed by atoms with E-state index in [1.165, 1.54) is 31.4 Å². The van der Waals surface area contributed by atoms with Gasteiger partial charge >= 0.3 is 0 Å². The highest BCUT2D eigenvalue weighted by atomic mass is 15.1. The van der Waals surface area contributed by atoms with E-state index >= 15 is 0 Å². The van der Waals surface area contributed by atoms with Gasteiger partial charge in [0.1, 0.15) is 0 Å². The van der Waals surface area contributed by atoms with Crippen LogP contribution in [-0.2, 0) is 6.54 Å². The highest BCUT2D eigenvalue weighted by molar-refractivity contribution is 5.09. The molecule has 3 heteroatoms. The monoisotopic (exact) mass is 263 g/mol. The second kappa shape index (κ2) is 9.93. The molecule has 0 spiro atoms. The Labute approximate surface area is 118 Å². The Balaban J connectivity index is 2.18. The maximum absolute atomic E-state index is 4.07. The predicted molar refractivity (Wildman–Crippen MR) is 82.2 cm³/mol. The minimum absolute atomic E-state index is 0.653. The summed E-state index contributed by atoms with van der Waals surface area (Å²) in [6.45, 7) is 11.1. The third-order valence-corrected chi connectivity index (χ3v) is 3.52. The quantitative estimate of drug-likeness (QED) is 0.658. The molecule has 1 aromatic rings. The van der Waals surface area contributed by atoms with Crippen LogP contribution in [0.5, 0.6) is 0 Å². The van der Waals surface area contributed by atoms with Crippen molar-refractivity contribution < 1.29 is 0 Å². The summed E-state index contributed by atoms with van der Waals surface area (Å²) in [4.78, 5) is 6.57. The Morgan fingerprint density at radius 2 is 1.95 bits per heavy atom. The van der Waals surface area contributed by atoms with Crippen LogP contribution in [0.15, 0.2) is 24.5 Å². The molecular weight excluding hydrogens is 234 g/mol. The molecule has 19 heavy (non-hydrogen) atoms. The third kappa shape index (κ3) is 7.28. The molecule has 1 rings (SSSR count). The van der Waals surface area contributed by atoms with Gasteiger partial charge in [0.15, 0.2) is 0 Å². The van der Waals surface area contributed by atoms with Crippen molar-refractivity contribution in [2.75, 3.05) is 19.6 Å². The van der Waals surface area contributed by atoms with Crippen molar-refractivity contribution in [3.05, 3.63) is 30.1 Å². The number of aromatic nitrogens is 1. The Hall–Kier alpha value is -0.930. The van der Waals surface area contributed by atoms with Gasteiger partial charge in [0.2, 0.25) is 0 Å². The Bertz CT molecular complexity index is 313. The molecule has 0 aliphatic rings. The number of hydrogen-bond acceptors (Lipinski definition) is 3. The van der Waals surface area contributed by atoms with Gasteiger partial charge in [-0.3, -0.25) is 9.88 Å². The van der Waals surface area contributed by atoms with E-state index in [9.17, 15) is 0 Å². The molecule has 0 aliphatic heterocycles. The van der Waals surface area contributed by atoms with Crippen molar-refractivity contribution in [2.24, 2.45) is 0 Å². The van der Waals surface area contributed by atoms with Crippen LogP contribution in [0.25, 0.3) is 0 Å². The Morgan fingerprint density at radius 1 is 1.21 bits per heavy atom. The van der Waals surface area contributed by atoms with Crippen molar-refractivity contribution in [3.63, 3.8) is 0 Å². The average Bonchev–Trinajstić information content (AvgIpc) is 2.43. The van der Waals surface area contributed by atoms with Crippen molar-refractivity contribution in [2.45, 2.75) is 52.6 Å². The van der Waals surface area contributed by atoms with Crippen LogP contribution >= 0.6 is 0 Å². The number of nitrogens with one attached hydrogen (secondary N) is 1. The van der Waals surface area contributed by atoms with Gasteiger partial charge in [0.05, 0.1) is 0 Å². The summed E-state index contributed by atoms with van der Waals surface area (Å²) in [6, 6.07) is 4.87. The van der Waals surface area contributed by atoms with Gasteiger partial charge in [-0.1, -0.05) is 20.3 Å². The standard InChI is InChI=1S/C16H29N3/c1-4-18-15(3)8-6-7-13-19(5-2)14-16-9-11-17-12-10-16/h9-12,15,18H,4-8,13-14H2,1-3H3. The molecule has 3 nitrogen and oxygen atoms in total. The summed E-state index contributed by atoms with van der Waals surface area (Å²) >= 11 is 0. The zero-order valence-corrected chi connectivity index (χ0v) is 12.7. The van der Waals surface area contributed by atoms with Crippen LogP contribution in [0.1, 0.15) is 45.6 Å². The fourth-order valence-corrected chi connectivity index (χ4v) is 2.33. The number of nitrogens with zero attached hydrogens (tertiary/aromatic N) is 2. The molecule has 1 unspecified atom stereocenters. The smallest absolute Gasteiger partial charge is 0.0271 e.